The fourth-order valence-corrected chi connectivity index (χ4v) is 5.05. The molecule has 12 heteroatoms. The molecule has 5 rings (SSSR count). The van der Waals surface area contributed by atoms with Crippen LogP contribution in [0.25, 0.3) is 10.7 Å². The average molecular weight is 468 g/mol. The summed E-state index contributed by atoms with van der Waals surface area (Å²) < 4.78 is 0. The van der Waals surface area contributed by atoms with Crippen LogP contribution in [0.5, 0.6) is 0 Å². The molecule has 32 heavy (non-hydrogen) atoms. The van der Waals surface area contributed by atoms with Gasteiger partial charge in [0.1, 0.15) is 5.69 Å². The third-order valence-corrected chi connectivity index (χ3v) is 6.89. The van der Waals surface area contributed by atoms with Crippen molar-refractivity contribution in [3.05, 3.63) is 46.8 Å². The lowest BCUT2D eigenvalue weighted by Gasteiger charge is -2.33. The number of thiophene rings is 1. The van der Waals surface area contributed by atoms with E-state index in [1.807, 2.05) is 35.7 Å². The summed E-state index contributed by atoms with van der Waals surface area (Å²) in [4.78, 5) is 20.5. The standard InChI is InChI=1S/C20H21N9OS2/c21-12-5-8-29(9-6-12)16-4-2-1-3-13(16)22-19(30)15-11-32-20(24-15)23-14-7-10-31-17(14)18-25-27-28-26-18/h1-4,7,10-12H,5-6,8-9,21H2,(H,22,30)(H,23,24)(H,25,26,27,28). The Balaban J connectivity index is 1.29. The number of carbonyl (C=O) groups is 1. The smallest absolute Gasteiger partial charge is 0.275 e. The summed E-state index contributed by atoms with van der Waals surface area (Å²) in [5, 5.41) is 24.6. The van der Waals surface area contributed by atoms with E-state index in [1.165, 1.54) is 22.7 Å². The van der Waals surface area contributed by atoms with Crippen LogP contribution in [-0.2, 0) is 0 Å². The monoisotopic (exact) mass is 467 g/mol. The highest BCUT2D eigenvalue weighted by Crippen LogP contribution is 2.34. The van der Waals surface area contributed by atoms with Crippen LogP contribution in [-0.4, -0.2) is 50.6 Å². The summed E-state index contributed by atoms with van der Waals surface area (Å²) in [6.07, 6.45) is 1.88. The van der Waals surface area contributed by atoms with Gasteiger partial charge in [-0.2, -0.15) is 5.21 Å². The van der Waals surface area contributed by atoms with Gasteiger partial charge in [0.15, 0.2) is 5.13 Å². The van der Waals surface area contributed by atoms with Crippen molar-refractivity contribution in [2.75, 3.05) is 28.6 Å². The first-order valence-electron chi connectivity index (χ1n) is 10.1. The van der Waals surface area contributed by atoms with Gasteiger partial charge >= 0.3 is 0 Å². The van der Waals surface area contributed by atoms with Gasteiger partial charge in [0, 0.05) is 24.5 Å². The largest absolute Gasteiger partial charge is 0.370 e. The van der Waals surface area contributed by atoms with Gasteiger partial charge in [0.2, 0.25) is 5.82 Å². The van der Waals surface area contributed by atoms with Gasteiger partial charge in [-0.15, -0.1) is 32.9 Å². The molecule has 0 aliphatic carbocycles. The number of anilines is 4. The molecular weight excluding hydrogens is 446 g/mol. The maximum atomic E-state index is 12.9. The van der Waals surface area contributed by atoms with Crippen LogP contribution in [0.3, 0.4) is 0 Å². The number of thiazole rings is 1. The molecule has 164 valence electrons. The number of H-pyrrole nitrogens is 1. The normalized spacial score (nSPS) is 14.5. The number of amides is 1. The number of hydrogen-bond donors (Lipinski definition) is 4. The first-order valence-corrected chi connectivity index (χ1v) is 11.9. The number of para-hydroxylation sites is 2. The number of tetrazole rings is 1. The van der Waals surface area contributed by atoms with E-state index in [0.29, 0.717) is 16.6 Å². The van der Waals surface area contributed by atoms with Gasteiger partial charge in [-0.25, -0.2) is 4.98 Å². The molecule has 0 spiro atoms. The lowest BCUT2D eigenvalue weighted by atomic mass is 10.0. The number of nitrogens with one attached hydrogen (secondary N) is 3. The maximum absolute atomic E-state index is 12.9. The number of nitrogens with two attached hydrogens (primary N) is 1. The molecule has 4 heterocycles. The Morgan fingerprint density at radius 3 is 2.81 bits per heavy atom. The Morgan fingerprint density at radius 1 is 1.16 bits per heavy atom. The molecule has 5 N–H and O–H groups in total. The molecule has 10 nitrogen and oxygen atoms in total. The van der Waals surface area contributed by atoms with E-state index < -0.39 is 0 Å². The third kappa shape index (κ3) is 4.33. The third-order valence-electron chi connectivity index (χ3n) is 5.22. The molecule has 4 aromatic rings. The van der Waals surface area contributed by atoms with Crippen molar-refractivity contribution >= 4 is 50.8 Å². The van der Waals surface area contributed by atoms with Crippen molar-refractivity contribution < 1.29 is 4.79 Å². The van der Waals surface area contributed by atoms with Crippen molar-refractivity contribution in [3.63, 3.8) is 0 Å². The highest BCUT2D eigenvalue weighted by atomic mass is 32.1. The summed E-state index contributed by atoms with van der Waals surface area (Å²) in [6.45, 7) is 1.75. The van der Waals surface area contributed by atoms with Crippen LogP contribution >= 0.6 is 22.7 Å². The zero-order valence-corrected chi connectivity index (χ0v) is 18.6. The van der Waals surface area contributed by atoms with E-state index in [1.54, 1.807) is 5.38 Å². The minimum Gasteiger partial charge on any atom is -0.370 e. The van der Waals surface area contributed by atoms with Crippen LogP contribution in [0.4, 0.5) is 22.2 Å². The predicted octanol–water partition coefficient (Wildman–Crippen LogP) is 3.31. The molecule has 1 fully saturated rings. The summed E-state index contributed by atoms with van der Waals surface area (Å²) in [5.41, 5.74) is 8.97. The zero-order valence-electron chi connectivity index (χ0n) is 17.0. The van der Waals surface area contributed by atoms with Crippen molar-refractivity contribution in [2.45, 2.75) is 18.9 Å². The Labute approximate surface area is 191 Å². The SMILES string of the molecule is NC1CCN(c2ccccc2NC(=O)c2csc(Nc3ccsc3-c3nn[nH]n3)n2)CC1. The van der Waals surface area contributed by atoms with Crippen LogP contribution in [0.1, 0.15) is 23.3 Å². The zero-order chi connectivity index (χ0) is 21.9. The second-order valence-corrected chi connectivity index (χ2v) is 9.13. The van der Waals surface area contributed by atoms with E-state index in [0.717, 1.165) is 47.9 Å². The molecule has 1 saturated heterocycles. The Hall–Kier alpha value is -3.35. The summed E-state index contributed by atoms with van der Waals surface area (Å²) in [6, 6.07) is 9.99. The average Bonchev–Trinajstić information content (AvgIpc) is 3.57. The van der Waals surface area contributed by atoms with Crippen LogP contribution < -0.4 is 21.3 Å². The first-order chi connectivity index (χ1) is 15.7. The number of aromatic amines is 1. The van der Waals surface area contributed by atoms with Gasteiger partial charge in [0.05, 0.1) is 21.9 Å². The highest BCUT2D eigenvalue weighted by Gasteiger charge is 2.20. The summed E-state index contributed by atoms with van der Waals surface area (Å²) in [5.74, 6) is 0.256. The molecule has 1 aromatic carbocycles. The highest BCUT2D eigenvalue weighted by molar-refractivity contribution is 7.15. The number of benzene rings is 1. The van der Waals surface area contributed by atoms with Crippen molar-refractivity contribution in [1.82, 2.24) is 25.6 Å². The Morgan fingerprint density at radius 2 is 2.00 bits per heavy atom. The fourth-order valence-electron chi connectivity index (χ4n) is 3.57. The van der Waals surface area contributed by atoms with Crippen molar-refractivity contribution in [2.24, 2.45) is 5.73 Å². The summed E-state index contributed by atoms with van der Waals surface area (Å²) >= 11 is 2.85. The van der Waals surface area contributed by atoms with Gasteiger partial charge in [-0.1, -0.05) is 12.1 Å². The quantitative estimate of drug-likeness (QED) is 0.339. The molecule has 3 aromatic heterocycles. The molecule has 0 atom stereocenters. The molecule has 0 saturated carbocycles. The van der Waals surface area contributed by atoms with Gasteiger partial charge < -0.3 is 21.3 Å². The van der Waals surface area contributed by atoms with E-state index >= 15 is 0 Å². The van der Waals surface area contributed by atoms with E-state index in [9.17, 15) is 4.79 Å². The summed E-state index contributed by atoms with van der Waals surface area (Å²) in [7, 11) is 0. The molecule has 1 amide bonds. The minimum absolute atomic E-state index is 0.248. The molecule has 1 aliphatic heterocycles. The molecule has 0 unspecified atom stereocenters. The lowest BCUT2D eigenvalue weighted by molar-refractivity contribution is 0.102. The number of rotatable bonds is 6. The number of hydrogen-bond acceptors (Lipinski definition) is 10. The van der Waals surface area contributed by atoms with Gasteiger partial charge in [0.25, 0.3) is 5.91 Å². The van der Waals surface area contributed by atoms with E-state index in [4.69, 9.17) is 5.73 Å². The maximum Gasteiger partial charge on any atom is 0.275 e. The number of piperidine rings is 1. The van der Waals surface area contributed by atoms with Gasteiger partial charge in [-0.3, -0.25) is 4.79 Å². The topological polar surface area (TPSA) is 138 Å². The fraction of sp³-hybridized carbons (Fsp3) is 0.250. The van der Waals surface area contributed by atoms with Crippen LogP contribution in [0.2, 0.25) is 0 Å². The van der Waals surface area contributed by atoms with Crippen LogP contribution in [0, 0.1) is 0 Å². The van der Waals surface area contributed by atoms with Crippen molar-refractivity contribution in [3.8, 4) is 10.7 Å². The van der Waals surface area contributed by atoms with Gasteiger partial charge in [-0.05, 0) is 41.6 Å². The van der Waals surface area contributed by atoms with E-state index in [-0.39, 0.29) is 11.9 Å². The lowest BCUT2D eigenvalue weighted by Crippen LogP contribution is -2.40. The van der Waals surface area contributed by atoms with E-state index in [2.05, 4.69) is 41.1 Å². The second-order valence-electron chi connectivity index (χ2n) is 7.36. The Kier molecular flexibility index (Phi) is 5.79. The minimum atomic E-state index is -0.251. The molecule has 1 aliphatic rings. The predicted molar refractivity (Wildman–Crippen MR) is 127 cm³/mol. The number of aromatic nitrogens is 5. The van der Waals surface area contributed by atoms with Crippen molar-refractivity contribution in [1.29, 1.82) is 0 Å². The molecule has 0 radical (unpaired) electrons. The second kappa shape index (κ2) is 9.02. The Bertz CT molecular complexity index is 1200. The number of carbonyl (C=O) groups excluding carboxylic acids is 1. The first kappa shape index (κ1) is 20.5. The molecule has 0 bridgehead atoms. The number of nitrogens with zero attached hydrogens (tertiary/aromatic N) is 5. The molecular formula is C20H21N9OS2. The van der Waals surface area contributed by atoms with Crippen LogP contribution in [0.15, 0.2) is 41.1 Å².